The second-order valence-corrected chi connectivity index (χ2v) is 7.15. The van der Waals surface area contributed by atoms with Crippen molar-refractivity contribution in [2.75, 3.05) is 11.8 Å². The lowest BCUT2D eigenvalue weighted by molar-refractivity contribution is 0.403. The highest BCUT2D eigenvalue weighted by Gasteiger charge is 2.19. The van der Waals surface area contributed by atoms with Gasteiger partial charge in [0.25, 0.3) is 10.0 Å². The van der Waals surface area contributed by atoms with Crippen LogP contribution in [0.1, 0.15) is 11.5 Å². The van der Waals surface area contributed by atoms with E-state index >= 15 is 0 Å². The number of hydrogen-bond donors (Lipinski definition) is 1. The van der Waals surface area contributed by atoms with Crippen LogP contribution in [0, 0.1) is 13.8 Å². The van der Waals surface area contributed by atoms with Gasteiger partial charge in [-0.15, -0.1) is 0 Å². The van der Waals surface area contributed by atoms with E-state index in [2.05, 4.69) is 9.71 Å². The first-order valence-electron chi connectivity index (χ1n) is 7.61. The van der Waals surface area contributed by atoms with Gasteiger partial charge < -0.3 is 9.15 Å². The number of nitrogens with one attached hydrogen (secondary N) is 1. The average molecular weight is 358 g/mol. The van der Waals surface area contributed by atoms with Gasteiger partial charge in [-0.3, -0.25) is 4.72 Å². The molecule has 7 heteroatoms. The number of nitrogens with zero attached hydrogens (tertiary/aromatic N) is 1. The molecular weight excluding hydrogens is 340 g/mol. The first-order valence-corrected chi connectivity index (χ1v) is 9.09. The summed E-state index contributed by atoms with van der Waals surface area (Å²) in [5.41, 5.74) is 2.04. The number of rotatable bonds is 5. The summed E-state index contributed by atoms with van der Waals surface area (Å²) in [6.07, 6.45) is 0. The summed E-state index contributed by atoms with van der Waals surface area (Å²) in [5, 5.41) is 0. The standard InChI is InChI=1S/C18H18N2O4S/c1-12-13(2)24-18(19-12)14-8-10-15(11-9-14)20-25(21,22)17-7-5-4-6-16(17)23-3/h4-11,20H,1-3H3. The number of aromatic nitrogens is 1. The Kier molecular flexibility index (Phi) is 4.50. The fourth-order valence-electron chi connectivity index (χ4n) is 2.33. The van der Waals surface area contributed by atoms with E-state index in [0.29, 0.717) is 11.6 Å². The zero-order valence-corrected chi connectivity index (χ0v) is 14.9. The molecule has 0 saturated heterocycles. The van der Waals surface area contributed by atoms with Crippen LogP contribution in [0.5, 0.6) is 5.75 Å². The smallest absolute Gasteiger partial charge is 0.265 e. The van der Waals surface area contributed by atoms with E-state index in [1.807, 2.05) is 13.8 Å². The van der Waals surface area contributed by atoms with Crippen molar-refractivity contribution < 1.29 is 17.6 Å². The van der Waals surface area contributed by atoms with Crippen LogP contribution in [0.15, 0.2) is 57.8 Å². The number of methoxy groups -OCH3 is 1. The molecule has 0 unspecified atom stereocenters. The number of para-hydroxylation sites is 1. The molecule has 0 radical (unpaired) electrons. The Morgan fingerprint density at radius 1 is 1.04 bits per heavy atom. The SMILES string of the molecule is COc1ccccc1S(=O)(=O)Nc1ccc(-c2nc(C)c(C)o2)cc1. The normalized spacial score (nSPS) is 11.3. The molecule has 6 nitrogen and oxygen atoms in total. The zero-order chi connectivity index (χ0) is 18.0. The Labute approximate surface area is 146 Å². The molecule has 130 valence electrons. The molecule has 0 atom stereocenters. The van der Waals surface area contributed by atoms with Crippen molar-refractivity contribution in [1.82, 2.24) is 4.98 Å². The molecule has 0 fully saturated rings. The summed E-state index contributed by atoms with van der Waals surface area (Å²) in [6.45, 7) is 3.72. The van der Waals surface area contributed by atoms with Gasteiger partial charge in [0.15, 0.2) is 0 Å². The van der Waals surface area contributed by atoms with Crippen LogP contribution in [0.4, 0.5) is 5.69 Å². The van der Waals surface area contributed by atoms with Gasteiger partial charge in [0.05, 0.1) is 12.8 Å². The molecule has 0 saturated carbocycles. The lowest BCUT2D eigenvalue weighted by atomic mass is 10.2. The van der Waals surface area contributed by atoms with E-state index in [1.165, 1.54) is 13.2 Å². The first kappa shape index (κ1) is 17.0. The Bertz CT molecular complexity index is 973. The van der Waals surface area contributed by atoms with Gasteiger partial charge in [-0.1, -0.05) is 12.1 Å². The van der Waals surface area contributed by atoms with Gasteiger partial charge >= 0.3 is 0 Å². The third-order valence-electron chi connectivity index (χ3n) is 3.77. The van der Waals surface area contributed by atoms with Crippen LogP contribution >= 0.6 is 0 Å². The lowest BCUT2D eigenvalue weighted by Crippen LogP contribution is -2.13. The number of hydrogen-bond acceptors (Lipinski definition) is 5. The summed E-state index contributed by atoms with van der Waals surface area (Å²) in [5.74, 6) is 1.56. The highest BCUT2D eigenvalue weighted by atomic mass is 32.2. The second-order valence-electron chi connectivity index (χ2n) is 5.49. The molecule has 0 bridgehead atoms. The fraction of sp³-hybridized carbons (Fsp3) is 0.167. The van der Waals surface area contributed by atoms with Crippen LogP contribution in [-0.4, -0.2) is 20.5 Å². The number of benzene rings is 2. The van der Waals surface area contributed by atoms with Gasteiger partial charge in [-0.05, 0) is 50.2 Å². The monoisotopic (exact) mass is 358 g/mol. The Morgan fingerprint density at radius 3 is 2.32 bits per heavy atom. The molecule has 1 heterocycles. The molecular formula is C18H18N2O4S. The average Bonchev–Trinajstić information content (AvgIpc) is 2.94. The molecule has 2 aromatic carbocycles. The Morgan fingerprint density at radius 2 is 1.72 bits per heavy atom. The Hall–Kier alpha value is -2.80. The van der Waals surface area contributed by atoms with Crippen LogP contribution in [0.25, 0.3) is 11.5 Å². The number of aryl methyl sites for hydroxylation is 2. The van der Waals surface area contributed by atoms with Gasteiger partial charge in [0, 0.05) is 11.3 Å². The molecule has 3 aromatic rings. The lowest BCUT2D eigenvalue weighted by Gasteiger charge is -2.11. The van der Waals surface area contributed by atoms with Gasteiger partial charge in [0.2, 0.25) is 5.89 Å². The highest BCUT2D eigenvalue weighted by molar-refractivity contribution is 7.92. The quantitative estimate of drug-likeness (QED) is 0.751. The van der Waals surface area contributed by atoms with Crippen molar-refractivity contribution in [2.24, 2.45) is 0 Å². The molecule has 0 spiro atoms. The van der Waals surface area contributed by atoms with Crippen molar-refractivity contribution in [1.29, 1.82) is 0 Å². The molecule has 0 aliphatic carbocycles. The fourth-order valence-corrected chi connectivity index (χ4v) is 3.56. The third-order valence-corrected chi connectivity index (χ3v) is 5.19. The summed E-state index contributed by atoms with van der Waals surface area (Å²) in [7, 11) is -2.32. The first-order chi connectivity index (χ1) is 11.9. The topological polar surface area (TPSA) is 81.4 Å². The van der Waals surface area contributed by atoms with Crippen LogP contribution in [0.3, 0.4) is 0 Å². The minimum atomic E-state index is -3.75. The van der Waals surface area contributed by atoms with E-state index in [-0.39, 0.29) is 10.6 Å². The third kappa shape index (κ3) is 3.51. The van der Waals surface area contributed by atoms with E-state index < -0.39 is 10.0 Å². The predicted molar refractivity (Wildman–Crippen MR) is 95.2 cm³/mol. The molecule has 1 N–H and O–H groups in total. The van der Waals surface area contributed by atoms with Crippen LogP contribution in [-0.2, 0) is 10.0 Å². The van der Waals surface area contributed by atoms with Crippen molar-refractivity contribution in [3.8, 4) is 17.2 Å². The minimum Gasteiger partial charge on any atom is -0.495 e. The Balaban J connectivity index is 1.86. The number of ether oxygens (including phenoxy) is 1. The van der Waals surface area contributed by atoms with Gasteiger partial charge in [-0.25, -0.2) is 13.4 Å². The van der Waals surface area contributed by atoms with Gasteiger partial charge in [0.1, 0.15) is 16.4 Å². The number of anilines is 1. The van der Waals surface area contributed by atoms with Crippen LogP contribution in [0.2, 0.25) is 0 Å². The number of sulfonamides is 1. The van der Waals surface area contributed by atoms with E-state index in [9.17, 15) is 8.42 Å². The van der Waals surface area contributed by atoms with E-state index in [0.717, 1.165) is 17.0 Å². The summed E-state index contributed by atoms with van der Waals surface area (Å²) < 4.78 is 38.4. The van der Waals surface area contributed by atoms with Crippen molar-refractivity contribution in [2.45, 2.75) is 18.7 Å². The molecule has 25 heavy (non-hydrogen) atoms. The summed E-state index contributed by atoms with van der Waals surface area (Å²) in [6, 6.07) is 13.3. The maximum absolute atomic E-state index is 12.6. The van der Waals surface area contributed by atoms with Crippen molar-refractivity contribution >= 4 is 15.7 Å². The van der Waals surface area contributed by atoms with E-state index in [4.69, 9.17) is 9.15 Å². The van der Waals surface area contributed by atoms with Crippen LogP contribution < -0.4 is 9.46 Å². The predicted octanol–water partition coefficient (Wildman–Crippen LogP) is 3.77. The maximum Gasteiger partial charge on any atom is 0.265 e. The zero-order valence-electron chi connectivity index (χ0n) is 14.1. The summed E-state index contributed by atoms with van der Waals surface area (Å²) >= 11 is 0. The molecule has 0 aliphatic heterocycles. The maximum atomic E-state index is 12.6. The molecule has 0 aliphatic rings. The molecule has 1 aromatic heterocycles. The van der Waals surface area contributed by atoms with Crippen molar-refractivity contribution in [3.63, 3.8) is 0 Å². The molecule has 3 rings (SSSR count). The highest BCUT2D eigenvalue weighted by Crippen LogP contribution is 2.27. The van der Waals surface area contributed by atoms with Gasteiger partial charge in [-0.2, -0.15) is 0 Å². The summed E-state index contributed by atoms with van der Waals surface area (Å²) in [4.78, 5) is 4.42. The second kappa shape index (κ2) is 6.60. The minimum absolute atomic E-state index is 0.0838. The van der Waals surface area contributed by atoms with Crippen molar-refractivity contribution in [3.05, 3.63) is 60.0 Å². The van der Waals surface area contributed by atoms with E-state index in [1.54, 1.807) is 42.5 Å². The largest absolute Gasteiger partial charge is 0.495 e. The number of oxazole rings is 1. The molecule has 0 amide bonds.